The van der Waals surface area contributed by atoms with Gasteiger partial charge in [-0.1, -0.05) is 6.07 Å². The van der Waals surface area contributed by atoms with Gasteiger partial charge in [-0.15, -0.1) is 11.3 Å². The Hall–Kier alpha value is -1.66. The van der Waals surface area contributed by atoms with Crippen molar-refractivity contribution in [3.05, 3.63) is 41.1 Å². The van der Waals surface area contributed by atoms with Crippen LogP contribution in [0, 0.1) is 5.92 Å². The molecule has 2 saturated heterocycles. The molecule has 1 amide bonds. The first-order valence-corrected chi connectivity index (χ1v) is 10.2. The summed E-state index contributed by atoms with van der Waals surface area (Å²) < 4.78 is 2.09. The predicted molar refractivity (Wildman–Crippen MR) is 99.3 cm³/mol. The van der Waals surface area contributed by atoms with E-state index in [1.165, 1.54) is 4.88 Å². The molecule has 0 bridgehead atoms. The second kappa shape index (κ2) is 7.70. The van der Waals surface area contributed by atoms with Crippen LogP contribution in [0.2, 0.25) is 0 Å². The third kappa shape index (κ3) is 3.96. The molecule has 2 aromatic rings. The van der Waals surface area contributed by atoms with Crippen molar-refractivity contribution in [2.75, 3.05) is 19.6 Å². The van der Waals surface area contributed by atoms with Gasteiger partial charge >= 0.3 is 0 Å². The van der Waals surface area contributed by atoms with Gasteiger partial charge in [0.1, 0.15) is 0 Å². The minimum atomic E-state index is 0.360. The summed E-state index contributed by atoms with van der Waals surface area (Å²) in [7, 11) is 0. The lowest BCUT2D eigenvalue weighted by molar-refractivity contribution is -0.141. The second-order valence-corrected chi connectivity index (χ2v) is 8.24. The number of amides is 1. The monoisotopic (exact) mass is 358 g/mol. The van der Waals surface area contributed by atoms with Crippen molar-refractivity contribution in [1.82, 2.24) is 19.4 Å². The van der Waals surface area contributed by atoms with Crippen LogP contribution in [0.1, 0.15) is 30.6 Å². The molecule has 0 aliphatic carbocycles. The number of aryl methyl sites for hydroxylation is 1. The van der Waals surface area contributed by atoms with Crippen LogP contribution in [0.25, 0.3) is 0 Å². The number of fused-ring (bicyclic) bond motifs is 1. The summed E-state index contributed by atoms with van der Waals surface area (Å²) in [6.45, 7) is 5.11. The first kappa shape index (κ1) is 16.8. The Bertz CT molecular complexity index is 670. The van der Waals surface area contributed by atoms with Gasteiger partial charge in [0, 0.05) is 62.5 Å². The molecule has 2 atom stereocenters. The average Bonchev–Trinajstić information content (AvgIpc) is 3.31. The SMILES string of the molecule is O=C1CC[C@@H]2CN(Cc3cccs3)CC[C@@H]2N1CCCn1ccnc1. The highest BCUT2D eigenvalue weighted by Crippen LogP contribution is 2.32. The van der Waals surface area contributed by atoms with Crippen molar-refractivity contribution in [3.8, 4) is 0 Å². The van der Waals surface area contributed by atoms with E-state index < -0.39 is 0 Å². The zero-order valence-corrected chi connectivity index (χ0v) is 15.4. The van der Waals surface area contributed by atoms with Crippen molar-refractivity contribution in [2.45, 2.75) is 44.8 Å². The van der Waals surface area contributed by atoms with Gasteiger partial charge in [-0.05, 0) is 36.6 Å². The van der Waals surface area contributed by atoms with Crippen molar-refractivity contribution < 1.29 is 4.79 Å². The molecule has 2 fully saturated rings. The van der Waals surface area contributed by atoms with Crippen molar-refractivity contribution in [2.24, 2.45) is 5.92 Å². The van der Waals surface area contributed by atoms with Gasteiger partial charge in [0.25, 0.3) is 0 Å². The Balaban J connectivity index is 1.32. The number of carbonyl (C=O) groups excluding carboxylic acids is 1. The highest BCUT2D eigenvalue weighted by Gasteiger charge is 2.38. The van der Waals surface area contributed by atoms with E-state index in [1.54, 1.807) is 0 Å². The number of aromatic nitrogens is 2. The van der Waals surface area contributed by atoms with E-state index in [1.807, 2.05) is 30.1 Å². The molecule has 0 aromatic carbocycles. The lowest BCUT2D eigenvalue weighted by Gasteiger charge is -2.47. The predicted octanol–water partition coefficient (Wildman–Crippen LogP) is 2.85. The second-order valence-electron chi connectivity index (χ2n) is 7.21. The van der Waals surface area contributed by atoms with Crippen molar-refractivity contribution >= 4 is 17.2 Å². The van der Waals surface area contributed by atoms with Gasteiger partial charge in [-0.25, -0.2) is 4.98 Å². The molecule has 2 aromatic heterocycles. The van der Waals surface area contributed by atoms with E-state index in [9.17, 15) is 4.79 Å². The van der Waals surface area contributed by atoms with Crippen LogP contribution in [0.3, 0.4) is 0 Å². The largest absolute Gasteiger partial charge is 0.339 e. The number of likely N-dealkylation sites (tertiary alicyclic amines) is 2. The van der Waals surface area contributed by atoms with Crippen LogP contribution in [-0.4, -0.2) is 50.9 Å². The summed E-state index contributed by atoms with van der Waals surface area (Å²) in [4.78, 5) is 22.8. The Kier molecular flexibility index (Phi) is 5.17. The quantitative estimate of drug-likeness (QED) is 0.797. The minimum absolute atomic E-state index is 0.360. The van der Waals surface area contributed by atoms with E-state index in [-0.39, 0.29) is 0 Å². The Labute approximate surface area is 153 Å². The number of piperidine rings is 2. The summed E-state index contributed by atoms with van der Waals surface area (Å²) in [5, 5.41) is 2.16. The number of hydrogen-bond acceptors (Lipinski definition) is 4. The first-order valence-electron chi connectivity index (χ1n) is 9.29. The molecular weight excluding hydrogens is 332 g/mol. The third-order valence-corrected chi connectivity index (χ3v) is 6.42. The van der Waals surface area contributed by atoms with Gasteiger partial charge < -0.3 is 9.47 Å². The molecule has 0 radical (unpaired) electrons. The maximum atomic E-state index is 12.5. The number of hydrogen-bond donors (Lipinski definition) is 0. The minimum Gasteiger partial charge on any atom is -0.339 e. The zero-order valence-electron chi connectivity index (χ0n) is 14.6. The molecule has 5 nitrogen and oxygen atoms in total. The lowest BCUT2D eigenvalue weighted by Crippen LogP contribution is -2.56. The van der Waals surface area contributed by atoms with E-state index in [0.717, 1.165) is 58.4 Å². The molecule has 0 unspecified atom stereocenters. The summed E-state index contributed by atoms with van der Waals surface area (Å²) in [6, 6.07) is 4.81. The van der Waals surface area contributed by atoms with Crippen LogP contribution < -0.4 is 0 Å². The summed E-state index contributed by atoms with van der Waals surface area (Å²) in [5.74, 6) is 0.998. The lowest BCUT2D eigenvalue weighted by atomic mass is 9.83. The molecule has 134 valence electrons. The van der Waals surface area contributed by atoms with Gasteiger partial charge in [-0.3, -0.25) is 9.69 Å². The summed E-state index contributed by atoms with van der Waals surface area (Å²) in [5.41, 5.74) is 0. The van der Waals surface area contributed by atoms with E-state index in [0.29, 0.717) is 17.9 Å². The Morgan fingerprint density at radius 1 is 1.28 bits per heavy atom. The molecule has 4 heterocycles. The maximum Gasteiger partial charge on any atom is 0.222 e. The highest BCUT2D eigenvalue weighted by atomic mass is 32.1. The number of rotatable bonds is 6. The number of nitrogens with zero attached hydrogens (tertiary/aromatic N) is 4. The molecule has 0 saturated carbocycles. The van der Waals surface area contributed by atoms with Crippen LogP contribution in [-0.2, 0) is 17.9 Å². The van der Waals surface area contributed by atoms with Crippen molar-refractivity contribution in [3.63, 3.8) is 0 Å². The fraction of sp³-hybridized carbons (Fsp3) is 0.579. The van der Waals surface area contributed by atoms with Gasteiger partial charge in [-0.2, -0.15) is 0 Å². The molecule has 6 heteroatoms. The van der Waals surface area contributed by atoms with Crippen LogP contribution in [0.4, 0.5) is 0 Å². The molecule has 2 aliphatic rings. The molecule has 0 N–H and O–H groups in total. The molecular formula is C19H26N4OS. The van der Waals surface area contributed by atoms with Crippen LogP contribution >= 0.6 is 11.3 Å². The number of carbonyl (C=O) groups is 1. The molecule has 25 heavy (non-hydrogen) atoms. The van der Waals surface area contributed by atoms with Gasteiger partial charge in [0.05, 0.1) is 6.33 Å². The first-order chi connectivity index (χ1) is 12.3. The topological polar surface area (TPSA) is 41.4 Å². The smallest absolute Gasteiger partial charge is 0.222 e. The van der Waals surface area contributed by atoms with Crippen LogP contribution in [0.15, 0.2) is 36.2 Å². The highest BCUT2D eigenvalue weighted by molar-refractivity contribution is 7.09. The van der Waals surface area contributed by atoms with E-state index in [2.05, 4.69) is 36.9 Å². The summed E-state index contributed by atoms with van der Waals surface area (Å²) >= 11 is 1.84. The Morgan fingerprint density at radius 2 is 2.24 bits per heavy atom. The number of thiophene rings is 1. The summed E-state index contributed by atoms with van der Waals surface area (Å²) in [6.07, 6.45) is 9.55. The Morgan fingerprint density at radius 3 is 3.04 bits per heavy atom. The zero-order chi connectivity index (χ0) is 17.1. The van der Waals surface area contributed by atoms with E-state index >= 15 is 0 Å². The molecule has 4 rings (SSSR count). The third-order valence-electron chi connectivity index (χ3n) is 5.56. The van der Waals surface area contributed by atoms with Crippen molar-refractivity contribution in [1.29, 1.82) is 0 Å². The molecule has 2 aliphatic heterocycles. The van der Waals surface area contributed by atoms with Gasteiger partial charge in [0.15, 0.2) is 0 Å². The van der Waals surface area contributed by atoms with Crippen LogP contribution in [0.5, 0.6) is 0 Å². The number of imidazole rings is 1. The van der Waals surface area contributed by atoms with Gasteiger partial charge in [0.2, 0.25) is 5.91 Å². The fourth-order valence-corrected chi connectivity index (χ4v) is 5.07. The normalized spacial score (nSPS) is 24.5. The maximum absolute atomic E-state index is 12.5. The standard InChI is InChI=1S/C19H26N4OS/c24-19-5-4-16-13-22(14-17-3-1-12-25-17)10-6-18(16)23(19)9-2-8-21-11-7-20-15-21/h1,3,7,11-12,15-16,18H,2,4-6,8-10,13-14H2/t16-,18+/m1/s1. The fourth-order valence-electron chi connectivity index (χ4n) is 4.33. The average molecular weight is 359 g/mol. The van der Waals surface area contributed by atoms with E-state index in [4.69, 9.17) is 0 Å². The molecule has 0 spiro atoms.